The molecule has 0 amide bonds. The van der Waals surface area contributed by atoms with E-state index >= 15 is 0 Å². The molecule has 76 valence electrons. The minimum absolute atomic E-state index is 1.01. The van der Waals surface area contributed by atoms with E-state index in [1.54, 1.807) is 4.80 Å². The van der Waals surface area contributed by atoms with Crippen LogP contribution in [-0.2, 0) is 7.05 Å². The van der Waals surface area contributed by atoms with Gasteiger partial charge >= 0.3 is 0 Å². The number of rotatable bonds is 0. The molecule has 0 saturated carbocycles. The predicted octanol–water partition coefficient (Wildman–Crippen LogP) is 2.61. The molecule has 2 aromatic rings. The van der Waals surface area contributed by atoms with E-state index in [1.165, 1.54) is 11.1 Å². The van der Waals surface area contributed by atoms with Gasteiger partial charge in [0.2, 0.25) is 0 Å². The maximum absolute atomic E-state index is 4.28. The van der Waals surface area contributed by atoms with Crippen LogP contribution in [0.25, 0.3) is 11.0 Å². The fraction of sp³-hybridized carbons (Fsp3) is 0.455. The third kappa shape index (κ3) is 1.76. The molecule has 0 unspecified atom stereocenters. The van der Waals surface area contributed by atoms with Gasteiger partial charge in [0.05, 0.1) is 0 Å². The van der Waals surface area contributed by atoms with Crippen LogP contribution < -0.4 is 0 Å². The number of benzene rings is 1. The number of nitrogens with zero attached hydrogens (tertiary/aromatic N) is 3. The molecular formula is C11H17N3. The summed E-state index contributed by atoms with van der Waals surface area (Å²) in [7, 11) is 1.85. The summed E-state index contributed by atoms with van der Waals surface area (Å²) in [5.74, 6) is 0. The fourth-order valence-electron chi connectivity index (χ4n) is 1.35. The molecule has 0 aliphatic heterocycles. The highest BCUT2D eigenvalue weighted by Gasteiger charge is 2.04. The van der Waals surface area contributed by atoms with Gasteiger partial charge in [0, 0.05) is 7.05 Å². The van der Waals surface area contributed by atoms with Gasteiger partial charge in [-0.2, -0.15) is 15.0 Å². The average molecular weight is 191 g/mol. The summed E-state index contributed by atoms with van der Waals surface area (Å²) in [6.45, 7) is 8.10. The van der Waals surface area contributed by atoms with Gasteiger partial charge in [-0.05, 0) is 25.0 Å². The molecule has 0 aliphatic carbocycles. The van der Waals surface area contributed by atoms with E-state index in [2.05, 4.69) is 36.2 Å². The molecule has 3 heteroatoms. The standard InChI is InChI=1S/C9H11N3.C2H6/c1-6-4-5-7(2)9-8(6)10-12(3)11-9;1-2/h4-5H,1-3H3;1-2H3. The van der Waals surface area contributed by atoms with Crippen molar-refractivity contribution in [3.63, 3.8) is 0 Å². The molecule has 3 nitrogen and oxygen atoms in total. The summed E-state index contributed by atoms with van der Waals surface area (Å²) in [6, 6.07) is 4.15. The number of hydrogen-bond donors (Lipinski definition) is 0. The van der Waals surface area contributed by atoms with Crippen LogP contribution in [0.4, 0.5) is 0 Å². The molecule has 0 saturated heterocycles. The van der Waals surface area contributed by atoms with Crippen molar-refractivity contribution in [1.82, 2.24) is 15.0 Å². The molecule has 1 heterocycles. The molecule has 0 atom stereocenters. The van der Waals surface area contributed by atoms with Crippen molar-refractivity contribution in [2.24, 2.45) is 7.05 Å². The predicted molar refractivity (Wildman–Crippen MR) is 59.3 cm³/mol. The van der Waals surface area contributed by atoms with Gasteiger partial charge in [0.1, 0.15) is 11.0 Å². The van der Waals surface area contributed by atoms with Gasteiger partial charge < -0.3 is 0 Å². The highest BCUT2D eigenvalue weighted by atomic mass is 15.4. The average Bonchev–Trinajstić information content (AvgIpc) is 2.58. The third-order valence-electron chi connectivity index (χ3n) is 2.04. The summed E-state index contributed by atoms with van der Waals surface area (Å²) in [4.78, 5) is 1.62. The minimum atomic E-state index is 1.01. The van der Waals surface area contributed by atoms with E-state index in [0.29, 0.717) is 0 Å². The van der Waals surface area contributed by atoms with Crippen LogP contribution in [0.5, 0.6) is 0 Å². The van der Waals surface area contributed by atoms with Crippen LogP contribution in [-0.4, -0.2) is 15.0 Å². The lowest BCUT2D eigenvalue weighted by Gasteiger charge is -1.94. The topological polar surface area (TPSA) is 30.7 Å². The minimum Gasteiger partial charge on any atom is -0.187 e. The first kappa shape index (κ1) is 10.7. The molecule has 0 bridgehead atoms. The Kier molecular flexibility index (Phi) is 3.23. The van der Waals surface area contributed by atoms with E-state index in [4.69, 9.17) is 0 Å². The van der Waals surface area contributed by atoms with E-state index in [1.807, 2.05) is 20.9 Å². The quantitative estimate of drug-likeness (QED) is 0.641. The molecule has 1 aromatic carbocycles. The van der Waals surface area contributed by atoms with E-state index in [9.17, 15) is 0 Å². The number of aromatic nitrogens is 3. The monoisotopic (exact) mass is 191 g/mol. The number of aryl methyl sites for hydroxylation is 3. The Morgan fingerprint density at radius 2 is 1.29 bits per heavy atom. The van der Waals surface area contributed by atoms with Gasteiger partial charge in [-0.3, -0.25) is 0 Å². The molecule has 2 rings (SSSR count). The lowest BCUT2D eigenvalue weighted by Crippen LogP contribution is -1.90. The summed E-state index contributed by atoms with van der Waals surface area (Å²) in [5, 5.41) is 8.56. The zero-order chi connectivity index (χ0) is 10.7. The first-order valence-corrected chi connectivity index (χ1v) is 4.96. The Balaban J connectivity index is 0.000000461. The maximum atomic E-state index is 4.28. The normalized spacial score (nSPS) is 9.79. The molecular weight excluding hydrogens is 174 g/mol. The maximum Gasteiger partial charge on any atom is 0.116 e. The van der Waals surface area contributed by atoms with Crippen molar-refractivity contribution in [2.45, 2.75) is 27.7 Å². The van der Waals surface area contributed by atoms with Crippen LogP contribution in [0.2, 0.25) is 0 Å². The van der Waals surface area contributed by atoms with E-state index < -0.39 is 0 Å². The van der Waals surface area contributed by atoms with Crippen LogP contribution >= 0.6 is 0 Å². The Hall–Kier alpha value is -1.38. The van der Waals surface area contributed by atoms with Crippen molar-refractivity contribution >= 4 is 11.0 Å². The summed E-state index contributed by atoms with van der Waals surface area (Å²) in [5.41, 5.74) is 4.39. The Morgan fingerprint density at radius 3 is 1.64 bits per heavy atom. The van der Waals surface area contributed by atoms with Crippen molar-refractivity contribution in [2.75, 3.05) is 0 Å². The fourth-order valence-corrected chi connectivity index (χ4v) is 1.35. The molecule has 1 aromatic heterocycles. The second-order valence-electron chi connectivity index (χ2n) is 3.09. The van der Waals surface area contributed by atoms with E-state index in [-0.39, 0.29) is 0 Å². The number of hydrogen-bond acceptors (Lipinski definition) is 2. The lowest BCUT2D eigenvalue weighted by molar-refractivity contribution is 0.664. The summed E-state index contributed by atoms with van der Waals surface area (Å²) < 4.78 is 0. The zero-order valence-electron chi connectivity index (χ0n) is 9.50. The van der Waals surface area contributed by atoms with Gasteiger partial charge in [-0.15, -0.1) is 0 Å². The SMILES string of the molecule is CC.Cc1ccc(C)c2nn(C)nc12. The molecule has 0 aliphatic rings. The highest BCUT2D eigenvalue weighted by molar-refractivity contribution is 5.80. The van der Waals surface area contributed by atoms with Gasteiger partial charge in [0.25, 0.3) is 0 Å². The third-order valence-corrected chi connectivity index (χ3v) is 2.04. The van der Waals surface area contributed by atoms with Gasteiger partial charge in [-0.25, -0.2) is 0 Å². The lowest BCUT2D eigenvalue weighted by atomic mass is 10.1. The van der Waals surface area contributed by atoms with Crippen molar-refractivity contribution in [1.29, 1.82) is 0 Å². The van der Waals surface area contributed by atoms with Crippen molar-refractivity contribution in [3.8, 4) is 0 Å². The Morgan fingerprint density at radius 1 is 0.929 bits per heavy atom. The molecule has 14 heavy (non-hydrogen) atoms. The second kappa shape index (κ2) is 4.22. The molecule has 0 fully saturated rings. The largest absolute Gasteiger partial charge is 0.187 e. The Bertz CT molecular complexity index is 390. The zero-order valence-corrected chi connectivity index (χ0v) is 9.50. The van der Waals surface area contributed by atoms with Crippen LogP contribution in [0.1, 0.15) is 25.0 Å². The van der Waals surface area contributed by atoms with E-state index in [0.717, 1.165) is 11.0 Å². The summed E-state index contributed by atoms with van der Waals surface area (Å²) in [6.07, 6.45) is 0. The summed E-state index contributed by atoms with van der Waals surface area (Å²) >= 11 is 0. The van der Waals surface area contributed by atoms with Crippen molar-refractivity contribution in [3.05, 3.63) is 23.3 Å². The Labute approximate surface area is 84.7 Å². The molecule has 0 spiro atoms. The first-order valence-electron chi connectivity index (χ1n) is 4.96. The highest BCUT2D eigenvalue weighted by Crippen LogP contribution is 2.17. The van der Waals surface area contributed by atoms with Crippen LogP contribution in [0, 0.1) is 13.8 Å². The molecule has 0 radical (unpaired) electrons. The first-order chi connectivity index (χ1) is 6.68. The van der Waals surface area contributed by atoms with Crippen LogP contribution in [0.3, 0.4) is 0 Å². The van der Waals surface area contributed by atoms with Gasteiger partial charge in [-0.1, -0.05) is 26.0 Å². The number of fused-ring (bicyclic) bond motifs is 1. The molecule has 0 N–H and O–H groups in total. The van der Waals surface area contributed by atoms with Crippen LogP contribution in [0.15, 0.2) is 12.1 Å². The second-order valence-corrected chi connectivity index (χ2v) is 3.09. The smallest absolute Gasteiger partial charge is 0.116 e. The van der Waals surface area contributed by atoms with Gasteiger partial charge in [0.15, 0.2) is 0 Å². The van der Waals surface area contributed by atoms with Crippen molar-refractivity contribution < 1.29 is 0 Å².